The Morgan fingerprint density at radius 3 is 1.04 bits per heavy atom. The largest absolute Gasteiger partial charge is 0.508 e. The molecule has 1 nitrogen and oxygen atoms in total. The Labute approximate surface area is 348 Å². The van der Waals surface area contributed by atoms with E-state index in [-0.39, 0.29) is 5.92 Å². The zero-order chi connectivity index (χ0) is 39.6. The van der Waals surface area contributed by atoms with E-state index in [9.17, 15) is 5.11 Å². The van der Waals surface area contributed by atoms with Crippen LogP contribution in [-0.4, -0.2) is 5.11 Å². The number of hydrogen-bond donors (Lipinski definition) is 1. The number of aryl methyl sites for hydroxylation is 2. The predicted molar refractivity (Wildman–Crippen MR) is 248 cm³/mol. The molecule has 0 amide bonds. The maximum atomic E-state index is 11.4. The highest BCUT2D eigenvalue weighted by Crippen LogP contribution is 2.37. The first-order valence-electron chi connectivity index (χ1n) is 24.7. The fourth-order valence-electron chi connectivity index (χ4n) is 8.82. The van der Waals surface area contributed by atoms with Crippen molar-refractivity contribution in [3.63, 3.8) is 0 Å². The lowest BCUT2D eigenvalue weighted by atomic mass is 9.83. The van der Waals surface area contributed by atoms with Crippen LogP contribution < -0.4 is 0 Å². The van der Waals surface area contributed by atoms with Crippen molar-refractivity contribution in [1.82, 2.24) is 0 Å². The van der Waals surface area contributed by atoms with Gasteiger partial charge in [0.25, 0.3) is 0 Å². The van der Waals surface area contributed by atoms with Crippen molar-refractivity contribution in [2.45, 2.75) is 238 Å². The van der Waals surface area contributed by atoms with Crippen molar-refractivity contribution in [3.8, 4) is 5.75 Å². The summed E-state index contributed by atoms with van der Waals surface area (Å²) >= 11 is 0. The van der Waals surface area contributed by atoms with Gasteiger partial charge in [-0.15, -0.1) is 0 Å². The van der Waals surface area contributed by atoms with Gasteiger partial charge in [-0.1, -0.05) is 273 Å². The zero-order valence-electron chi connectivity index (χ0n) is 37.0. The molecule has 56 heavy (non-hydrogen) atoms. The van der Waals surface area contributed by atoms with Crippen LogP contribution in [0.4, 0.5) is 0 Å². The van der Waals surface area contributed by atoms with Crippen LogP contribution in [0.1, 0.15) is 253 Å². The normalized spacial score (nSPS) is 12.0. The Balaban J connectivity index is 1.30. The Morgan fingerprint density at radius 2 is 0.661 bits per heavy atom. The molecule has 1 N–H and O–H groups in total. The summed E-state index contributed by atoms with van der Waals surface area (Å²) in [4.78, 5) is 0. The molecule has 1 atom stereocenters. The minimum absolute atomic E-state index is 0.0328. The number of hydrogen-bond acceptors (Lipinski definition) is 1. The van der Waals surface area contributed by atoms with E-state index in [0.717, 1.165) is 18.4 Å². The van der Waals surface area contributed by atoms with E-state index in [1.165, 1.54) is 228 Å². The van der Waals surface area contributed by atoms with E-state index < -0.39 is 0 Å². The quantitative estimate of drug-likeness (QED) is 0.0458. The van der Waals surface area contributed by atoms with Gasteiger partial charge >= 0.3 is 0 Å². The number of rotatable bonds is 37. The number of aromatic hydroxyl groups is 1. The molecule has 3 rings (SSSR count). The molecule has 0 aliphatic rings. The Morgan fingerprint density at radius 1 is 0.339 bits per heavy atom. The average Bonchev–Trinajstić information content (AvgIpc) is 3.22. The summed E-state index contributed by atoms with van der Waals surface area (Å²) in [5.74, 6) is 0.468. The third-order valence-electron chi connectivity index (χ3n) is 12.5. The van der Waals surface area contributed by atoms with Gasteiger partial charge < -0.3 is 5.11 Å². The Hall–Kier alpha value is -2.54. The van der Waals surface area contributed by atoms with Gasteiger partial charge in [-0.25, -0.2) is 0 Å². The second-order valence-corrected chi connectivity index (χ2v) is 17.6. The van der Waals surface area contributed by atoms with Crippen molar-refractivity contribution in [2.75, 3.05) is 0 Å². The number of benzene rings is 3. The Kier molecular flexibility index (Phi) is 28.6. The van der Waals surface area contributed by atoms with E-state index >= 15 is 0 Å². The number of unbranched alkanes of at least 4 members (excludes halogenated alkanes) is 30. The second kappa shape index (κ2) is 33.4. The standard InChI is InChI=1S/C55H88O/c1-3-5-7-9-11-13-15-17-19-21-23-25-27-29-31-34-38-49-42-45-52(46-43-49)55(51-40-36-33-37-41-51)53-47-44-50(48-54(53)56)39-35-32-30-28-26-24-22-20-18-16-14-12-10-8-6-4-2/h33,36-37,40-48,55-56H,3-32,34-35,38-39H2,1-2H3. The SMILES string of the molecule is CCCCCCCCCCCCCCCCCCc1ccc(C(c2ccccc2)c2ccc(CCCCCCCCCCCCCCCCCC)cc2O)cc1. The maximum absolute atomic E-state index is 11.4. The van der Waals surface area contributed by atoms with E-state index in [1.54, 1.807) is 0 Å². The molecule has 0 fully saturated rings. The van der Waals surface area contributed by atoms with Crippen LogP contribution in [0.5, 0.6) is 5.75 Å². The van der Waals surface area contributed by atoms with E-state index in [0.29, 0.717) is 5.75 Å². The molecule has 3 aromatic carbocycles. The van der Waals surface area contributed by atoms with Crippen LogP contribution in [0, 0.1) is 0 Å². The zero-order valence-corrected chi connectivity index (χ0v) is 37.0. The summed E-state index contributed by atoms with van der Waals surface area (Å²) in [6.45, 7) is 4.60. The average molecular weight is 765 g/mol. The summed E-state index contributed by atoms with van der Waals surface area (Å²) < 4.78 is 0. The highest BCUT2D eigenvalue weighted by atomic mass is 16.3. The molecule has 0 bridgehead atoms. The van der Waals surface area contributed by atoms with Crippen LogP contribution in [0.2, 0.25) is 0 Å². The molecule has 1 heteroatoms. The summed E-state index contributed by atoms with van der Waals surface area (Å²) in [7, 11) is 0. The maximum Gasteiger partial charge on any atom is 0.120 e. The molecule has 3 aromatic rings. The van der Waals surface area contributed by atoms with E-state index in [4.69, 9.17) is 0 Å². The third kappa shape index (κ3) is 22.4. The molecule has 0 saturated heterocycles. The van der Waals surface area contributed by atoms with E-state index in [1.807, 2.05) is 6.07 Å². The van der Waals surface area contributed by atoms with Crippen molar-refractivity contribution in [2.24, 2.45) is 0 Å². The Bertz CT molecular complexity index is 1290. The lowest BCUT2D eigenvalue weighted by molar-refractivity contribution is 0.466. The third-order valence-corrected chi connectivity index (χ3v) is 12.5. The summed E-state index contributed by atoms with van der Waals surface area (Å²) in [6, 6.07) is 26.5. The molecule has 0 saturated carbocycles. The molecule has 1 unspecified atom stereocenters. The molecule has 0 radical (unpaired) electrons. The number of phenolic OH excluding ortho intramolecular Hbond substituents is 1. The van der Waals surface area contributed by atoms with Crippen LogP contribution in [0.3, 0.4) is 0 Å². The minimum Gasteiger partial charge on any atom is -0.508 e. The minimum atomic E-state index is 0.0328. The predicted octanol–water partition coefficient (Wildman–Crippen LogP) is 18.2. The number of phenols is 1. The molecule has 0 aromatic heterocycles. The monoisotopic (exact) mass is 765 g/mol. The molecular weight excluding hydrogens is 677 g/mol. The van der Waals surface area contributed by atoms with Crippen LogP contribution in [0.25, 0.3) is 0 Å². The molecule has 0 spiro atoms. The van der Waals surface area contributed by atoms with Gasteiger partial charge in [0, 0.05) is 11.5 Å². The molecule has 0 aliphatic carbocycles. The topological polar surface area (TPSA) is 20.2 Å². The van der Waals surface area contributed by atoms with Gasteiger partial charge in [0.15, 0.2) is 0 Å². The van der Waals surface area contributed by atoms with Gasteiger partial charge in [-0.3, -0.25) is 0 Å². The van der Waals surface area contributed by atoms with Gasteiger partial charge in [-0.2, -0.15) is 0 Å². The summed E-state index contributed by atoms with van der Waals surface area (Å²) in [6.07, 6.45) is 47.2. The highest BCUT2D eigenvalue weighted by molar-refractivity contribution is 5.50. The molecular formula is C55H88O. The second-order valence-electron chi connectivity index (χ2n) is 17.6. The van der Waals surface area contributed by atoms with Gasteiger partial charge in [-0.05, 0) is 54.0 Å². The lowest BCUT2D eigenvalue weighted by Crippen LogP contribution is -2.04. The first-order chi connectivity index (χ1) is 27.7. The fraction of sp³-hybridized carbons (Fsp3) is 0.673. The van der Waals surface area contributed by atoms with Crippen LogP contribution in [0.15, 0.2) is 72.8 Å². The van der Waals surface area contributed by atoms with Crippen molar-refractivity contribution < 1.29 is 5.11 Å². The molecule has 314 valence electrons. The molecule has 0 heterocycles. The van der Waals surface area contributed by atoms with Gasteiger partial charge in [0.2, 0.25) is 0 Å². The van der Waals surface area contributed by atoms with Crippen molar-refractivity contribution in [3.05, 3.63) is 101 Å². The van der Waals surface area contributed by atoms with Gasteiger partial charge in [0.1, 0.15) is 5.75 Å². The molecule has 0 aliphatic heterocycles. The van der Waals surface area contributed by atoms with E-state index in [2.05, 4.69) is 80.6 Å². The van der Waals surface area contributed by atoms with Crippen molar-refractivity contribution in [1.29, 1.82) is 0 Å². The summed E-state index contributed by atoms with van der Waals surface area (Å²) in [5.41, 5.74) is 6.20. The smallest absolute Gasteiger partial charge is 0.120 e. The van der Waals surface area contributed by atoms with Gasteiger partial charge in [0.05, 0.1) is 0 Å². The first-order valence-corrected chi connectivity index (χ1v) is 24.7. The summed E-state index contributed by atoms with van der Waals surface area (Å²) in [5, 5.41) is 11.4. The van der Waals surface area contributed by atoms with Crippen molar-refractivity contribution >= 4 is 0 Å². The van der Waals surface area contributed by atoms with Crippen LogP contribution >= 0.6 is 0 Å². The first kappa shape index (κ1) is 47.8. The van der Waals surface area contributed by atoms with Crippen LogP contribution in [-0.2, 0) is 12.8 Å². The fourth-order valence-corrected chi connectivity index (χ4v) is 8.82. The highest BCUT2D eigenvalue weighted by Gasteiger charge is 2.20. The lowest BCUT2D eigenvalue weighted by Gasteiger charge is -2.21.